The summed E-state index contributed by atoms with van der Waals surface area (Å²) in [5.74, 6) is 0.539. The predicted octanol–water partition coefficient (Wildman–Crippen LogP) is 3.44. The second-order valence-corrected chi connectivity index (χ2v) is 4.16. The van der Waals surface area contributed by atoms with Gasteiger partial charge in [-0.3, -0.25) is 4.79 Å². The molecule has 0 bridgehead atoms. The topological polar surface area (TPSA) is 50.1 Å². The lowest BCUT2D eigenvalue weighted by Crippen LogP contribution is -1.97. The molecule has 0 heterocycles. The van der Waals surface area contributed by atoms with Crippen molar-refractivity contribution in [1.82, 2.24) is 0 Å². The third kappa shape index (κ3) is 2.63. The van der Waals surface area contributed by atoms with Gasteiger partial charge in [0.15, 0.2) is 5.78 Å². The molecule has 0 aliphatic rings. The van der Waals surface area contributed by atoms with Crippen molar-refractivity contribution in [2.24, 2.45) is 0 Å². The lowest BCUT2D eigenvalue weighted by Gasteiger charge is -2.08. The minimum Gasteiger partial charge on any atom is -0.496 e. The number of hydrogen-bond acceptors (Lipinski definition) is 3. The maximum absolute atomic E-state index is 11.6. The van der Waals surface area contributed by atoms with Crippen molar-refractivity contribution >= 4 is 5.78 Å². The van der Waals surface area contributed by atoms with E-state index < -0.39 is 0 Å². The van der Waals surface area contributed by atoms with E-state index in [2.05, 4.69) is 6.07 Å². The molecule has 0 saturated heterocycles. The molecule has 2 aromatic carbocycles. The lowest BCUT2D eigenvalue weighted by atomic mass is 10.00. The number of nitrogens with zero attached hydrogens (tertiary/aromatic N) is 1. The Balaban J connectivity index is 2.48. The molecule has 0 unspecified atom stereocenters. The summed E-state index contributed by atoms with van der Waals surface area (Å²) in [6.45, 7) is 1.51. The Hall–Kier alpha value is -2.60. The van der Waals surface area contributed by atoms with Crippen LogP contribution in [0.2, 0.25) is 0 Å². The molecule has 0 spiro atoms. The Morgan fingerprint density at radius 3 is 2.26 bits per heavy atom. The van der Waals surface area contributed by atoms with Crippen molar-refractivity contribution in [2.45, 2.75) is 6.92 Å². The zero-order valence-electron chi connectivity index (χ0n) is 10.8. The number of nitriles is 1. The van der Waals surface area contributed by atoms with Gasteiger partial charge in [0.25, 0.3) is 0 Å². The molecule has 0 aliphatic carbocycles. The van der Waals surface area contributed by atoms with Crippen molar-refractivity contribution in [1.29, 1.82) is 5.26 Å². The zero-order valence-corrected chi connectivity index (χ0v) is 10.8. The summed E-state index contributed by atoms with van der Waals surface area (Å²) < 4.78 is 5.17. The summed E-state index contributed by atoms with van der Waals surface area (Å²) in [7, 11) is 1.54. The van der Waals surface area contributed by atoms with E-state index in [-0.39, 0.29) is 5.78 Å². The molecule has 0 aliphatic heterocycles. The highest BCUT2D eigenvalue weighted by molar-refractivity contribution is 5.98. The van der Waals surface area contributed by atoms with E-state index in [0.29, 0.717) is 16.9 Å². The molecule has 0 aromatic heterocycles. The smallest absolute Gasteiger partial charge is 0.163 e. The van der Waals surface area contributed by atoms with Crippen molar-refractivity contribution in [2.75, 3.05) is 7.11 Å². The van der Waals surface area contributed by atoms with Crippen LogP contribution in [0.25, 0.3) is 11.1 Å². The highest BCUT2D eigenvalue weighted by atomic mass is 16.5. The van der Waals surface area contributed by atoms with Crippen LogP contribution in [0.1, 0.15) is 22.8 Å². The third-order valence-electron chi connectivity index (χ3n) is 2.93. The molecule has 94 valence electrons. The molecular formula is C16H13NO2. The van der Waals surface area contributed by atoms with Crippen LogP contribution in [0.4, 0.5) is 0 Å². The monoisotopic (exact) mass is 251 g/mol. The Bertz CT molecular complexity index is 651. The van der Waals surface area contributed by atoms with E-state index in [1.807, 2.05) is 24.3 Å². The average molecular weight is 251 g/mol. The summed E-state index contributed by atoms with van der Waals surface area (Å²) >= 11 is 0. The van der Waals surface area contributed by atoms with Crippen LogP contribution >= 0.6 is 0 Å². The third-order valence-corrected chi connectivity index (χ3v) is 2.93. The van der Waals surface area contributed by atoms with E-state index in [9.17, 15) is 4.79 Å². The SMILES string of the molecule is COc1ccc(-c2ccc(C#N)cc2)cc1C(C)=O. The van der Waals surface area contributed by atoms with Gasteiger partial charge in [-0.05, 0) is 42.3 Å². The zero-order chi connectivity index (χ0) is 13.8. The molecule has 0 fully saturated rings. The molecule has 2 aromatic rings. The van der Waals surface area contributed by atoms with Crippen molar-refractivity contribution < 1.29 is 9.53 Å². The summed E-state index contributed by atoms with van der Waals surface area (Å²) in [4.78, 5) is 11.6. The Morgan fingerprint density at radius 2 is 1.74 bits per heavy atom. The number of ether oxygens (including phenoxy) is 1. The fourth-order valence-electron chi connectivity index (χ4n) is 1.90. The number of benzene rings is 2. The Morgan fingerprint density at radius 1 is 1.11 bits per heavy atom. The number of hydrogen-bond donors (Lipinski definition) is 0. The molecule has 3 heteroatoms. The highest BCUT2D eigenvalue weighted by Crippen LogP contribution is 2.27. The lowest BCUT2D eigenvalue weighted by molar-refractivity contribution is 0.101. The van der Waals surface area contributed by atoms with Gasteiger partial charge in [-0.1, -0.05) is 18.2 Å². The average Bonchev–Trinajstić information content (AvgIpc) is 2.46. The van der Waals surface area contributed by atoms with E-state index in [0.717, 1.165) is 11.1 Å². The van der Waals surface area contributed by atoms with E-state index in [1.54, 1.807) is 25.3 Å². The van der Waals surface area contributed by atoms with E-state index in [1.165, 1.54) is 6.92 Å². The summed E-state index contributed by atoms with van der Waals surface area (Å²) in [6.07, 6.45) is 0. The fourth-order valence-corrected chi connectivity index (χ4v) is 1.90. The van der Waals surface area contributed by atoms with Gasteiger partial charge in [-0.2, -0.15) is 5.26 Å². The van der Waals surface area contributed by atoms with Gasteiger partial charge in [0.1, 0.15) is 5.75 Å². The maximum atomic E-state index is 11.6. The number of ketones is 1. The molecule has 0 saturated carbocycles. The summed E-state index contributed by atoms with van der Waals surface area (Å²) in [5.41, 5.74) is 3.06. The predicted molar refractivity (Wildman–Crippen MR) is 73.1 cm³/mol. The second kappa shape index (κ2) is 5.36. The molecule has 0 radical (unpaired) electrons. The second-order valence-electron chi connectivity index (χ2n) is 4.16. The van der Waals surface area contributed by atoms with Gasteiger partial charge < -0.3 is 4.74 Å². The van der Waals surface area contributed by atoms with Gasteiger partial charge in [0.05, 0.1) is 24.3 Å². The number of carbonyl (C=O) groups excluding carboxylic acids is 1. The standard InChI is InChI=1S/C16H13NO2/c1-11(18)15-9-14(7-8-16(15)19-2)13-5-3-12(10-17)4-6-13/h3-9H,1-2H3. The van der Waals surface area contributed by atoms with Gasteiger partial charge in [-0.25, -0.2) is 0 Å². The molecule has 3 nitrogen and oxygen atoms in total. The van der Waals surface area contributed by atoms with E-state index in [4.69, 9.17) is 10.00 Å². The van der Waals surface area contributed by atoms with Crippen molar-refractivity contribution in [3.8, 4) is 22.9 Å². The summed E-state index contributed by atoms with van der Waals surface area (Å²) in [6, 6.07) is 14.8. The van der Waals surface area contributed by atoms with Crippen LogP contribution in [-0.4, -0.2) is 12.9 Å². The minimum atomic E-state index is -0.0349. The van der Waals surface area contributed by atoms with E-state index >= 15 is 0 Å². The van der Waals surface area contributed by atoms with Gasteiger partial charge >= 0.3 is 0 Å². The van der Waals surface area contributed by atoms with Gasteiger partial charge in [-0.15, -0.1) is 0 Å². The van der Waals surface area contributed by atoms with Crippen LogP contribution in [0.5, 0.6) is 5.75 Å². The van der Waals surface area contributed by atoms with Crippen LogP contribution in [0, 0.1) is 11.3 Å². The maximum Gasteiger partial charge on any atom is 0.163 e. The molecular weight excluding hydrogens is 238 g/mol. The highest BCUT2D eigenvalue weighted by Gasteiger charge is 2.09. The van der Waals surface area contributed by atoms with Gasteiger partial charge in [0.2, 0.25) is 0 Å². The summed E-state index contributed by atoms with van der Waals surface area (Å²) in [5, 5.41) is 8.77. The largest absolute Gasteiger partial charge is 0.496 e. The normalized spacial score (nSPS) is 9.74. The number of Topliss-reactive ketones (excluding diaryl/α,β-unsaturated/α-hetero) is 1. The molecule has 0 atom stereocenters. The number of methoxy groups -OCH3 is 1. The molecule has 2 rings (SSSR count). The molecule has 19 heavy (non-hydrogen) atoms. The quantitative estimate of drug-likeness (QED) is 0.785. The van der Waals surface area contributed by atoms with Crippen LogP contribution in [-0.2, 0) is 0 Å². The van der Waals surface area contributed by atoms with Crippen LogP contribution in [0.3, 0.4) is 0 Å². The first-order valence-electron chi connectivity index (χ1n) is 5.85. The minimum absolute atomic E-state index is 0.0349. The van der Waals surface area contributed by atoms with Crippen LogP contribution < -0.4 is 4.74 Å². The van der Waals surface area contributed by atoms with Crippen molar-refractivity contribution in [3.63, 3.8) is 0 Å². The number of carbonyl (C=O) groups is 1. The fraction of sp³-hybridized carbons (Fsp3) is 0.125. The van der Waals surface area contributed by atoms with Gasteiger partial charge in [0, 0.05) is 0 Å². The molecule has 0 amide bonds. The number of rotatable bonds is 3. The Kier molecular flexibility index (Phi) is 3.63. The van der Waals surface area contributed by atoms with Crippen molar-refractivity contribution in [3.05, 3.63) is 53.6 Å². The first-order chi connectivity index (χ1) is 9.15. The Labute approximate surface area is 112 Å². The first kappa shape index (κ1) is 12.8. The molecule has 0 N–H and O–H groups in total. The first-order valence-corrected chi connectivity index (χ1v) is 5.85. The van der Waals surface area contributed by atoms with Crippen LogP contribution in [0.15, 0.2) is 42.5 Å².